The molecule has 1 heterocycles. The van der Waals surface area contributed by atoms with Gasteiger partial charge in [0.2, 0.25) is 0 Å². The van der Waals surface area contributed by atoms with Gasteiger partial charge in [-0.15, -0.1) is 0 Å². The van der Waals surface area contributed by atoms with Crippen LogP contribution < -0.4 is 0 Å². The average Bonchev–Trinajstić information content (AvgIpc) is 2.74. The van der Waals surface area contributed by atoms with Gasteiger partial charge in [0, 0.05) is 4.83 Å². The first-order chi connectivity index (χ1) is 7.27. The first kappa shape index (κ1) is 10.9. The highest BCUT2D eigenvalue weighted by Crippen LogP contribution is 2.29. The van der Waals surface area contributed by atoms with E-state index in [0.717, 1.165) is 6.42 Å². The molecule has 0 radical (unpaired) electrons. The molecule has 15 heavy (non-hydrogen) atoms. The van der Waals surface area contributed by atoms with E-state index in [1.54, 1.807) is 11.3 Å². The molecular weight excluding hydrogens is 268 g/mol. The van der Waals surface area contributed by atoms with Crippen molar-refractivity contribution in [3.8, 4) is 0 Å². The highest BCUT2D eigenvalue weighted by molar-refractivity contribution is 9.09. The van der Waals surface area contributed by atoms with Gasteiger partial charge in [-0.3, -0.25) is 0 Å². The molecule has 1 aromatic carbocycles. The molecule has 0 saturated heterocycles. The molecule has 0 spiro atoms. The van der Waals surface area contributed by atoms with Crippen LogP contribution >= 0.6 is 27.3 Å². The summed E-state index contributed by atoms with van der Waals surface area (Å²) in [5.41, 5.74) is 4.17. The number of aryl methyl sites for hydroxylation is 1. The Morgan fingerprint density at radius 1 is 1.27 bits per heavy atom. The maximum absolute atomic E-state index is 3.74. The minimum atomic E-state index is 0.435. The van der Waals surface area contributed by atoms with Gasteiger partial charge in [0.15, 0.2) is 0 Å². The van der Waals surface area contributed by atoms with Gasteiger partial charge in [0.05, 0.1) is 0 Å². The van der Waals surface area contributed by atoms with Gasteiger partial charge in [0.25, 0.3) is 0 Å². The molecule has 0 fully saturated rings. The maximum Gasteiger partial charge on any atom is 0.0443 e. The zero-order valence-corrected chi connectivity index (χ0v) is 11.0. The lowest BCUT2D eigenvalue weighted by molar-refractivity contribution is 0.944. The summed E-state index contributed by atoms with van der Waals surface area (Å²) < 4.78 is 0. The van der Waals surface area contributed by atoms with Crippen LogP contribution in [-0.4, -0.2) is 0 Å². The highest BCUT2D eigenvalue weighted by Gasteiger charge is 2.09. The molecule has 1 aromatic heterocycles. The Hall–Kier alpha value is -0.600. The molecule has 2 aromatic rings. The summed E-state index contributed by atoms with van der Waals surface area (Å²) in [5, 5.41) is 4.33. The van der Waals surface area contributed by atoms with E-state index in [9.17, 15) is 0 Å². The molecule has 2 rings (SSSR count). The third kappa shape index (κ3) is 2.70. The number of halogens is 1. The Balaban J connectivity index is 2.13. The smallest absolute Gasteiger partial charge is 0.0443 e. The molecule has 0 aliphatic carbocycles. The first-order valence-corrected chi connectivity index (χ1v) is 6.84. The number of benzene rings is 1. The van der Waals surface area contributed by atoms with Crippen molar-refractivity contribution in [1.29, 1.82) is 0 Å². The van der Waals surface area contributed by atoms with Crippen molar-refractivity contribution in [1.82, 2.24) is 0 Å². The minimum absolute atomic E-state index is 0.435. The van der Waals surface area contributed by atoms with Gasteiger partial charge < -0.3 is 0 Å². The summed E-state index contributed by atoms with van der Waals surface area (Å²) in [4.78, 5) is 0.435. The van der Waals surface area contributed by atoms with E-state index in [4.69, 9.17) is 0 Å². The predicted molar refractivity (Wildman–Crippen MR) is 70.9 cm³/mol. The molecule has 0 amide bonds. The van der Waals surface area contributed by atoms with Crippen LogP contribution in [0.2, 0.25) is 0 Å². The van der Waals surface area contributed by atoms with Crippen molar-refractivity contribution >= 4 is 27.3 Å². The summed E-state index contributed by atoms with van der Waals surface area (Å²) in [6, 6.07) is 10.8. The molecule has 1 unspecified atom stereocenters. The van der Waals surface area contributed by atoms with Crippen LogP contribution in [0.4, 0.5) is 0 Å². The standard InChI is InChI=1S/C13H13BrS/c1-10-4-2-3-5-11(10)8-13(14)12-6-7-15-9-12/h2-7,9,13H,8H2,1H3. The Bertz CT molecular complexity index is 420. The summed E-state index contributed by atoms with van der Waals surface area (Å²) in [5.74, 6) is 0. The van der Waals surface area contributed by atoms with Crippen LogP contribution in [0.15, 0.2) is 41.1 Å². The van der Waals surface area contributed by atoms with E-state index < -0.39 is 0 Å². The SMILES string of the molecule is Cc1ccccc1CC(Br)c1ccsc1. The van der Waals surface area contributed by atoms with Gasteiger partial charge >= 0.3 is 0 Å². The van der Waals surface area contributed by atoms with Crippen LogP contribution in [0.1, 0.15) is 21.5 Å². The number of hydrogen-bond acceptors (Lipinski definition) is 1. The van der Waals surface area contributed by atoms with Crippen molar-refractivity contribution < 1.29 is 0 Å². The molecule has 0 bridgehead atoms. The van der Waals surface area contributed by atoms with Crippen LogP contribution in [-0.2, 0) is 6.42 Å². The topological polar surface area (TPSA) is 0 Å². The Morgan fingerprint density at radius 3 is 2.73 bits per heavy atom. The second-order valence-corrected chi connectivity index (χ2v) is 5.54. The van der Waals surface area contributed by atoms with Crippen molar-refractivity contribution in [3.63, 3.8) is 0 Å². The Labute approximate surface area is 103 Å². The van der Waals surface area contributed by atoms with Crippen LogP contribution in [0.25, 0.3) is 0 Å². The lowest BCUT2D eigenvalue weighted by Gasteiger charge is -2.10. The fraction of sp³-hybridized carbons (Fsp3) is 0.231. The quantitative estimate of drug-likeness (QED) is 0.713. The molecule has 0 aliphatic rings. The summed E-state index contributed by atoms with van der Waals surface area (Å²) in [7, 11) is 0. The van der Waals surface area contributed by atoms with Gasteiger partial charge in [0.1, 0.15) is 0 Å². The first-order valence-electron chi connectivity index (χ1n) is 4.98. The highest BCUT2D eigenvalue weighted by atomic mass is 79.9. The van der Waals surface area contributed by atoms with Gasteiger partial charge in [-0.2, -0.15) is 11.3 Å². The van der Waals surface area contributed by atoms with E-state index >= 15 is 0 Å². The normalized spacial score (nSPS) is 12.7. The lowest BCUT2D eigenvalue weighted by atomic mass is 10.0. The molecule has 1 atom stereocenters. The molecule has 0 N–H and O–H groups in total. The summed E-state index contributed by atoms with van der Waals surface area (Å²) in [6.07, 6.45) is 1.06. The third-order valence-corrected chi connectivity index (χ3v) is 4.12. The summed E-state index contributed by atoms with van der Waals surface area (Å²) in [6.45, 7) is 2.17. The van der Waals surface area contributed by atoms with Crippen molar-refractivity contribution in [3.05, 3.63) is 57.8 Å². The third-order valence-electron chi connectivity index (χ3n) is 2.57. The fourth-order valence-corrected chi connectivity index (χ4v) is 3.13. The van der Waals surface area contributed by atoms with Crippen molar-refractivity contribution in [2.24, 2.45) is 0 Å². The fourth-order valence-electron chi connectivity index (χ4n) is 1.60. The molecule has 0 nitrogen and oxygen atoms in total. The predicted octanol–water partition coefficient (Wildman–Crippen LogP) is 4.74. The Kier molecular flexibility index (Phi) is 3.60. The van der Waals surface area contributed by atoms with E-state index in [1.807, 2.05) is 0 Å². The zero-order valence-electron chi connectivity index (χ0n) is 8.61. The second-order valence-electron chi connectivity index (χ2n) is 3.65. The number of rotatable bonds is 3. The molecular formula is C13H13BrS. The monoisotopic (exact) mass is 280 g/mol. The van der Waals surface area contributed by atoms with Gasteiger partial charge in [-0.1, -0.05) is 40.2 Å². The molecule has 2 heteroatoms. The molecule has 0 aliphatic heterocycles. The molecule has 78 valence electrons. The van der Waals surface area contributed by atoms with Crippen molar-refractivity contribution in [2.75, 3.05) is 0 Å². The van der Waals surface area contributed by atoms with E-state index in [2.05, 4.69) is 63.9 Å². The van der Waals surface area contributed by atoms with Gasteiger partial charge in [-0.25, -0.2) is 0 Å². The second kappa shape index (κ2) is 4.95. The van der Waals surface area contributed by atoms with Crippen molar-refractivity contribution in [2.45, 2.75) is 18.2 Å². The lowest BCUT2D eigenvalue weighted by Crippen LogP contribution is -1.95. The minimum Gasteiger partial charge on any atom is -0.152 e. The maximum atomic E-state index is 3.74. The molecule has 0 saturated carbocycles. The average molecular weight is 281 g/mol. The van der Waals surface area contributed by atoms with E-state index in [-0.39, 0.29) is 0 Å². The van der Waals surface area contributed by atoms with Crippen LogP contribution in [0.5, 0.6) is 0 Å². The Morgan fingerprint density at radius 2 is 2.07 bits per heavy atom. The van der Waals surface area contributed by atoms with Crippen LogP contribution in [0, 0.1) is 6.92 Å². The largest absolute Gasteiger partial charge is 0.152 e. The van der Waals surface area contributed by atoms with Gasteiger partial charge in [-0.05, 0) is 46.9 Å². The number of alkyl halides is 1. The van der Waals surface area contributed by atoms with E-state index in [1.165, 1.54) is 16.7 Å². The summed E-state index contributed by atoms with van der Waals surface area (Å²) >= 11 is 5.50. The number of thiophene rings is 1. The van der Waals surface area contributed by atoms with E-state index in [0.29, 0.717) is 4.83 Å². The number of hydrogen-bond donors (Lipinski definition) is 0. The zero-order chi connectivity index (χ0) is 10.7. The van der Waals surface area contributed by atoms with Crippen LogP contribution in [0.3, 0.4) is 0 Å².